The van der Waals surface area contributed by atoms with Gasteiger partial charge in [-0.15, -0.1) is 0 Å². The molecule has 4 nitrogen and oxygen atoms in total. The van der Waals surface area contributed by atoms with Crippen LogP contribution < -0.4 is 5.43 Å². The number of hydrogen-bond acceptors (Lipinski definition) is 3. The number of aromatic hydroxyl groups is 1. The summed E-state index contributed by atoms with van der Waals surface area (Å²) in [7, 11) is 0. The number of carbonyl (C=O) groups is 1. The second-order valence-corrected chi connectivity index (χ2v) is 4.86. The van der Waals surface area contributed by atoms with E-state index in [1.54, 1.807) is 12.3 Å². The molecule has 0 heterocycles. The molecule has 2 N–H and O–H groups in total. The van der Waals surface area contributed by atoms with Crippen LogP contribution >= 0.6 is 11.6 Å². The number of carbonyl (C=O) groups excluding carboxylic acids is 1. The number of hydrazone groups is 1. The van der Waals surface area contributed by atoms with E-state index in [4.69, 9.17) is 11.6 Å². The van der Waals surface area contributed by atoms with Gasteiger partial charge in [-0.2, -0.15) is 5.10 Å². The van der Waals surface area contributed by atoms with Crippen molar-refractivity contribution in [2.45, 2.75) is 19.3 Å². The Morgan fingerprint density at radius 2 is 2.32 bits per heavy atom. The molecule has 2 rings (SSSR count). The van der Waals surface area contributed by atoms with Gasteiger partial charge in [0.05, 0.1) is 5.56 Å². The Morgan fingerprint density at radius 1 is 1.47 bits per heavy atom. The Kier molecular flexibility index (Phi) is 4.58. The highest BCUT2D eigenvalue weighted by Gasteiger charge is 2.11. The summed E-state index contributed by atoms with van der Waals surface area (Å²) in [5.74, 6) is -0.235. The van der Waals surface area contributed by atoms with Crippen LogP contribution in [0.25, 0.3) is 0 Å². The molecule has 0 radical (unpaired) electrons. The first kappa shape index (κ1) is 13.6. The van der Waals surface area contributed by atoms with Crippen molar-refractivity contribution in [1.82, 2.24) is 5.43 Å². The number of allylic oxidation sites excluding steroid dienone is 2. The number of hydrogen-bond donors (Lipinski definition) is 2. The summed E-state index contributed by atoms with van der Waals surface area (Å²) < 4.78 is 0. The molecule has 0 bridgehead atoms. The van der Waals surface area contributed by atoms with E-state index >= 15 is 0 Å². The summed E-state index contributed by atoms with van der Waals surface area (Å²) in [4.78, 5) is 11.8. The maximum absolute atomic E-state index is 11.8. The molecule has 1 aliphatic rings. The van der Waals surface area contributed by atoms with Gasteiger partial charge in [0.1, 0.15) is 5.75 Å². The van der Waals surface area contributed by atoms with Crippen molar-refractivity contribution in [3.63, 3.8) is 0 Å². The number of nitrogens with zero attached hydrogens (tertiary/aromatic N) is 1. The predicted molar refractivity (Wildman–Crippen MR) is 75.6 cm³/mol. The zero-order valence-electron chi connectivity index (χ0n) is 10.3. The zero-order chi connectivity index (χ0) is 13.7. The monoisotopic (exact) mass is 278 g/mol. The lowest BCUT2D eigenvalue weighted by molar-refractivity contribution is 0.0952. The molecular weight excluding hydrogens is 264 g/mol. The fourth-order valence-corrected chi connectivity index (χ4v) is 2.08. The van der Waals surface area contributed by atoms with E-state index in [1.165, 1.54) is 12.1 Å². The third-order valence-corrected chi connectivity index (χ3v) is 3.20. The van der Waals surface area contributed by atoms with Crippen LogP contribution in [0.4, 0.5) is 0 Å². The van der Waals surface area contributed by atoms with E-state index in [1.807, 2.05) is 0 Å². The van der Waals surface area contributed by atoms with Crippen LogP contribution in [0.5, 0.6) is 5.75 Å². The molecule has 5 heteroatoms. The van der Waals surface area contributed by atoms with Crippen molar-refractivity contribution < 1.29 is 9.90 Å². The van der Waals surface area contributed by atoms with Crippen molar-refractivity contribution in [3.8, 4) is 5.75 Å². The maximum Gasteiger partial charge on any atom is 0.275 e. The molecule has 0 aromatic heterocycles. The van der Waals surface area contributed by atoms with Crippen molar-refractivity contribution in [2.75, 3.05) is 0 Å². The molecule has 19 heavy (non-hydrogen) atoms. The molecule has 100 valence electrons. The van der Waals surface area contributed by atoms with Gasteiger partial charge in [0.25, 0.3) is 5.91 Å². The quantitative estimate of drug-likeness (QED) is 0.507. The average Bonchev–Trinajstić information content (AvgIpc) is 2.39. The minimum absolute atomic E-state index is 0.152. The number of halogens is 1. The lowest BCUT2D eigenvalue weighted by Gasteiger charge is -2.11. The molecule has 1 aromatic rings. The molecule has 0 spiro atoms. The molecule has 1 aromatic carbocycles. The van der Waals surface area contributed by atoms with Gasteiger partial charge >= 0.3 is 0 Å². The van der Waals surface area contributed by atoms with Gasteiger partial charge in [0.15, 0.2) is 0 Å². The van der Waals surface area contributed by atoms with Crippen molar-refractivity contribution in [3.05, 3.63) is 40.9 Å². The first-order valence-corrected chi connectivity index (χ1v) is 6.51. The number of rotatable bonds is 3. The summed E-state index contributed by atoms with van der Waals surface area (Å²) in [6.45, 7) is 0. The summed E-state index contributed by atoms with van der Waals surface area (Å²) in [5, 5.41) is 13.9. The van der Waals surface area contributed by atoms with Gasteiger partial charge in [-0.05, 0) is 43.4 Å². The highest BCUT2D eigenvalue weighted by molar-refractivity contribution is 6.30. The van der Waals surface area contributed by atoms with Gasteiger partial charge in [0, 0.05) is 11.2 Å². The lowest BCUT2D eigenvalue weighted by atomic mass is 9.96. The van der Waals surface area contributed by atoms with Crippen LogP contribution in [0.15, 0.2) is 35.5 Å². The smallest absolute Gasteiger partial charge is 0.275 e. The summed E-state index contributed by atoms with van der Waals surface area (Å²) in [6.07, 6.45) is 9.05. The molecule has 1 amide bonds. The van der Waals surface area contributed by atoms with Crippen LogP contribution in [0.2, 0.25) is 5.02 Å². The fourth-order valence-electron chi connectivity index (χ4n) is 1.91. The number of benzene rings is 1. The topological polar surface area (TPSA) is 61.7 Å². The number of nitrogens with one attached hydrogen (secondary N) is 1. The molecule has 1 aliphatic carbocycles. The third kappa shape index (κ3) is 3.83. The van der Waals surface area contributed by atoms with E-state index in [9.17, 15) is 9.90 Å². The number of amides is 1. The van der Waals surface area contributed by atoms with E-state index in [0.717, 1.165) is 19.3 Å². The van der Waals surface area contributed by atoms with Crippen LogP contribution in [-0.4, -0.2) is 17.2 Å². The van der Waals surface area contributed by atoms with Gasteiger partial charge in [-0.1, -0.05) is 23.8 Å². The minimum Gasteiger partial charge on any atom is -0.507 e. The maximum atomic E-state index is 11.8. The first-order valence-electron chi connectivity index (χ1n) is 6.14. The van der Waals surface area contributed by atoms with E-state index < -0.39 is 5.91 Å². The van der Waals surface area contributed by atoms with Crippen molar-refractivity contribution in [1.29, 1.82) is 0 Å². The largest absolute Gasteiger partial charge is 0.507 e. The highest BCUT2D eigenvalue weighted by atomic mass is 35.5. The Labute approximate surface area is 116 Å². The van der Waals surface area contributed by atoms with Gasteiger partial charge in [-0.3, -0.25) is 4.79 Å². The lowest BCUT2D eigenvalue weighted by Crippen LogP contribution is -2.19. The fraction of sp³-hybridized carbons (Fsp3) is 0.286. The summed E-state index contributed by atoms with van der Waals surface area (Å²) >= 11 is 5.70. The van der Waals surface area contributed by atoms with Crippen LogP contribution in [0.1, 0.15) is 29.6 Å². The Morgan fingerprint density at radius 3 is 3.00 bits per heavy atom. The molecule has 1 atom stereocenters. The second kappa shape index (κ2) is 6.38. The molecule has 0 fully saturated rings. The number of phenolic OH excluding ortho intramolecular Hbond substituents is 1. The van der Waals surface area contributed by atoms with Crippen molar-refractivity contribution in [2.24, 2.45) is 11.0 Å². The Balaban J connectivity index is 1.93. The second-order valence-electron chi connectivity index (χ2n) is 4.43. The minimum atomic E-state index is -0.447. The average molecular weight is 279 g/mol. The van der Waals surface area contributed by atoms with E-state index in [2.05, 4.69) is 22.7 Å². The predicted octanol–water partition coefficient (Wildman–Crippen LogP) is 3.12. The highest BCUT2D eigenvalue weighted by Crippen LogP contribution is 2.21. The molecule has 0 saturated carbocycles. The first-order chi connectivity index (χ1) is 9.16. The summed E-state index contributed by atoms with van der Waals surface area (Å²) in [6, 6.07) is 4.34. The van der Waals surface area contributed by atoms with Gasteiger partial charge in [-0.25, -0.2) is 5.43 Å². The standard InChI is InChI=1S/C14H15ClN2O2/c15-11-6-7-12(13(18)8-11)14(19)17-16-9-10-4-2-1-3-5-10/h1-2,6-10,18H,3-5H2,(H,17,19). The van der Waals surface area contributed by atoms with E-state index in [0.29, 0.717) is 10.9 Å². The molecular formula is C14H15ClN2O2. The zero-order valence-corrected chi connectivity index (χ0v) is 11.1. The number of phenols is 1. The van der Waals surface area contributed by atoms with Gasteiger partial charge in [0.2, 0.25) is 0 Å². The Hall–Kier alpha value is -1.81. The normalized spacial score (nSPS) is 18.7. The SMILES string of the molecule is O=C(NN=CC1CC=CCC1)c1ccc(Cl)cc1O. The Bertz CT molecular complexity index is 526. The molecule has 0 aliphatic heterocycles. The van der Waals surface area contributed by atoms with Crippen LogP contribution in [0, 0.1) is 5.92 Å². The van der Waals surface area contributed by atoms with Crippen LogP contribution in [-0.2, 0) is 0 Å². The van der Waals surface area contributed by atoms with E-state index in [-0.39, 0.29) is 11.3 Å². The van der Waals surface area contributed by atoms with Crippen molar-refractivity contribution >= 4 is 23.7 Å². The van der Waals surface area contributed by atoms with Crippen LogP contribution in [0.3, 0.4) is 0 Å². The molecule has 1 unspecified atom stereocenters. The van der Waals surface area contributed by atoms with Gasteiger partial charge < -0.3 is 5.11 Å². The molecule has 0 saturated heterocycles. The summed E-state index contributed by atoms with van der Waals surface area (Å²) in [5.41, 5.74) is 2.57. The third-order valence-electron chi connectivity index (χ3n) is 2.97.